The first-order valence-corrected chi connectivity index (χ1v) is 25.7. The molecule has 82 heavy (non-hydrogen) atoms. The van der Waals surface area contributed by atoms with E-state index in [-0.39, 0.29) is 0 Å². The van der Waals surface area contributed by atoms with Crippen LogP contribution in [0.1, 0.15) is 27.2 Å². The minimum absolute atomic E-state index is 0.826. The van der Waals surface area contributed by atoms with Crippen LogP contribution in [-0.2, 0) is 71.3 Å². The molecule has 0 aliphatic carbocycles. The highest BCUT2D eigenvalue weighted by Crippen LogP contribution is 2.40. The fourth-order valence-electron chi connectivity index (χ4n) is 10.4. The predicted molar refractivity (Wildman–Crippen MR) is 251 cm³/mol. The number of carboxylic acid groups (broad SMARTS) is 1. The molecule has 6 aliphatic heterocycles. The molecular weight excluding hydrogens is 1130 g/mol. The van der Waals surface area contributed by atoms with Crippen LogP contribution in [0.15, 0.2) is 0 Å². The largest absolute Gasteiger partial charge is 0.477 e. The molecule has 22 N–H and O–H groups in total. The van der Waals surface area contributed by atoms with Crippen molar-refractivity contribution < 1.29 is 168 Å². The van der Waals surface area contributed by atoms with Gasteiger partial charge in [-0.05, 0) is 0 Å². The summed E-state index contributed by atoms with van der Waals surface area (Å²) in [5.41, 5.74) is 0. The van der Waals surface area contributed by atoms with Gasteiger partial charge in [-0.2, -0.15) is 0 Å². The summed E-state index contributed by atoms with van der Waals surface area (Å²) >= 11 is 0. The Bertz CT molecular complexity index is 2090. The smallest absolute Gasteiger partial charge is 0.364 e. The molecular formula is C45H75N3O34. The van der Waals surface area contributed by atoms with Gasteiger partial charge in [0.1, 0.15) is 140 Å². The van der Waals surface area contributed by atoms with Gasteiger partial charge in [0, 0.05) is 27.2 Å². The zero-order valence-corrected chi connectivity index (χ0v) is 43.9. The number of carbonyl (C=O) groups is 4. The summed E-state index contributed by atoms with van der Waals surface area (Å²) in [5.74, 6) is -7.96. The van der Waals surface area contributed by atoms with E-state index in [0.29, 0.717) is 0 Å². The van der Waals surface area contributed by atoms with Crippen molar-refractivity contribution in [3.8, 4) is 0 Å². The maximum atomic E-state index is 13.1. The molecule has 474 valence electrons. The van der Waals surface area contributed by atoms with Crippen LogP contribution in [0.3, 0.4) is 0 Å². The number of ether oxygens (including phenoxy) is 11. The average Bonchev–Trinajstić information content (AvgIpc) is 2.47. The van der Waals surface area contributed by atoms with Gasteiger partial charge in [0.2, 0.25) is 17.7 Å². The van der Waals surface area contributed by atoms with E-state index >= 15 is 0 Å². The van der Waals surface area contributed by atoms with Crippen molar-refractivity contribution in [3.63, 3.8) is 0 Å². The van der Waals surface area contributed by atoms with Crippen LogP contribution in [0.4, 0.5) is 0 Å². The van der Waals surface area contributed by atoms with E-state index in [1.165, 1.54) is 0 Å². The molecule has 0 bridgehead atoms. The highest BCUT2D eigenvalue weighted by molar-refractivity contribution is 5.77. The molecule has 0 saturated carbocycles. The maximum absolute atomic E-state index is 13.1. The van der Waals surface area contributed by atoms with Crippen LogP contribution < -0.4 is 16.0 Å². The highest BCUT2D eigenvalue weighted by atomic mass is 16.8. The number of aliphatic hydroxyl groups excluding tert-OH is 18. The van der Waals surface area contributed by atoms with Crippen LogP contribution in [0.5, 0.6) is 0 Å². The Labute approximate surface area is 463 Å². The van der Waals surface area contributed by atoms with Crippen molar-refractivity contribution in [1.29, 1.82) is 0 Å². The Morgan fingerprint density at radius 1 is 0.476 bits per heavy atom. The second kappa shape index (κ2) is 28.9. The minimum atomic E-state index is -3.23. The third-order valence-corrected chi connectivity index (χ3v) is 14.6. The predicted octanol–water partition coefficient (Wildman–Crippen LogP) is -14.5. The Morgan fingerprint density at radius 3 is 1.40 bits per heavy atom. The lowest BCUT2D eigenvalue weighted by Crippen LogP contribution is -2.72. The van der Waals surface area contributed by atoms with Crippen LogP contribution in [-0.4, -0.2) is 350 Å². The zero-order chi connectivity index (χ0) is 61.0. The molecule has 6 fully saturated rings. The minimum Gasteiger partial charge on any atom is -0.477 e. The molecule has 0 aromatic carbocycles. The van der Waals surface area contributed by atoms with Gasteiger partial charge < -0.3 is 165 Å². The molecule has 0 spiro atoms. The average molecular weight is 1200 g/mol. The van der Waals surface area contributed by atoms with E-state index in [4.69, 9.17) is 52.1 Å². The summed E-state index contributed by atoms with van der Waals surface area (Å²) in [6.07, 6.45) is -57.0. The van der Waals surface area contributed by atoms with E-state index in [9.17, 15) is 116 Å². The molecule has 37 heteroatoms. The van der Waals surface area contributed by atoms with Crippen LogP contribution in [0, 0.1) is 0 Å². The fourth-order valence-corrected chi connectivity index (χ4v) is 10.4. The van der Waals surface area contributed by atoms with Gasteiger partial charge in [0.05, 0.1) is 51.8 Å². The molecule has 6 aliphatic rings. The normalized spacial score (nSPS) is 46.3. The van der Waals surface area contributed by atoms with E-state index in [2.05, 4.69) is 16.0 Å². The zero-order valence-electron chi connectivity index (χ0n) is 43.9. The lowest BCUT2D eigenvalue weighted by molar-refractivity contribution is -0.397. The third kappa shape index (κ3) is 14.6. The van der Waals surface area contributed by atoms with E-state index in [1.54, 1.807) is 0 Å². The SMILES string of the molecule is CC(=O)N[C@H]1[C@H](O[C@@H]2[C@@H](O)[C@H](O[C@H]3[C@H](O)[C@@H](O)[C@H](O)O[C@@H]3CO)O[C@H](CO)[C@@H]2O[C@@H]2O[C@H](CO)[C@H](O)[C@H](O)[C@H]2NC(C)=O)O[C@H](CO)[C@@H](O[C@@H]2O[C@H](CO)[C@H](O)[C@H](O[C@]3(C(=O)O)C[C@H](O)[C@@H](NC(C)=O)[C@H]([C@H](O)[C@H](O)CO)O3)[C@H]2O)[C@@H]1O. The monoisotopic (exact) mass is 1200 g/mol. The summed E-state index contributed by atoms with van der Waals surface area (Å²) in [5, 5.41) is 212. The number of carbonyl (C=O) groups excluding carboxylic acids is 3. The second-order valence-corrected chi connectivity index (χ2v) is 20.4. The number of aliphatic carboxylic acids is 1. The number of amides is 3. The maximum Gasteiger partial charge on any atom is 0.364 e. The molecule has 6 saturated heterocycles. The van der Waals surface area contributed by atoms with E-state index < -0.39 is 259 Å². The van der Waals surface area contributed by atoms with Crippen LogP contribution >= 0.6 is 0 Å². The van der Waals surface area contributed by atoms with Crippen molar-refractivity contribution in [2.24, 2.45) is 0 Å². The summed E-state index contributed by atoms with van der Waals surface area (Å²) in [7, 11) is 0. The molecule has 31 atom stereocenters. The van der Waals surface area contributed by atoms with E-state index in [0.717, 1.165) is 20.8 Å². The topological polar surface area (TPSA) is 590 Å². The molecule has 6 heterocycles. The molecule has 6 rings (SSSR count). The van der Waals surface area contributed by atoms with Gasteiger partial charge in [-0.25, -0.2) is 4.79 Å². The van der Waals surface area contributed by atoms with Gasteiger partial charge in [0.15, 0.2) is 31.5 Å². The third-order valence-electron chi connectivity index (χ3n) is 14.6. The molecule has 0 unspecified atom stereocenters. The molecule has 0 aromatic rings. The van der Waals surface area contributed by atoms with Crippen LogP contribution in [0.25, 0.3) is 0 Å². The number of aliphatic hydroxyl groups is 18. The summed E-state index contributed by atoms with van der Waals surface area (Å²) in [6, 6.07) is -5.39. The molecule has 0 aromatic heterocycles. The molecule has 0 radical (unpaired) electrons. The van der Waals surface area contributed by atoms with E-state index in [1.807, 2.05) is 0 Å². The lowest BCUT2D eigenvalue weighted by Gasteiger charge is -2.52. The van der Waals surface area contributed by atoms with Gasteiger partial charge in [0.25, 0.3) is 5.79 Å². The number of hydrogen-bond acceptors (Lipinski definition) is 33. The summed E-state index contributed by atoms with van der Waals surface area (Å²) in [4.78, 5) is 50.5. The number of nitrogens with one attached hydrogen (secondary N) is 3. The second-order valence-electron chi connectivity index (χ2n) is 20.4. The Hall–Kier alpha value is -3.28. The number of carboxylic acids is 1. The lowest BCUT2D eigenvalue weighted by atomic mass is 9.88. The first kappa shape index (κ1) is 67.8. The molecule has 3 amide bonds. The quantitative estimate of drug-likeness (QED) is 0.0479. The first-order chi connectivity index (χ1) is 38.6. The van der Waals surface area contributed by atoms with Gasteiger partial charge in [-0.3, -0.25) is 14.4 Å². The van der Waals surface area contributed by atoms with Crippen molar-refractivity contribution >= 4 is 23.7 Å². The van der Waals surface area contributed by atoms with Crippen molar-refractivity contribution in [3.05, 3.63) is 0 Å². The van der Waals surface area contributed by atoms with Gasteiger partial charge >= 0.3 is 5.97 Å². The van der Waals surface area contributed by atoms with Gasteiger partial charge in [-0.1, -0.05) is 0 Å². The highest BCUT2D eigenvalue weighted by Gasteiger charge is 2.62. The Balaban J connectivity index is 1.34. The van der Waals surface area contributed by atoms with Gasteiger partial charge in [-0.15, -0.1) is 0 Å². The Kier molecular flexibility index (Phi) is 23.9. The summed E-state index contributed by atoms with van der Waals surface area (Å²) in [6.45, 7) is -3.69. The number of hydrogen-bond donors (Lipinski definition) is 22. The standard InChI is InChI=1S/C45H75N3O34/c1-11(55)46-21-14(58)4-45(44(70)71,81-36(21)24(60)15(59)5-49)82-37-26(62)17(7-51)74-42(31(37)67)77-33-19(9-53)75-41(23(28(33)64)48-13(3)57)80-38-32(68)43(78-34-18(8-52)72-39(69)30(66)29(34)65)76-20(10-54)35(38)79-40-22(47-12(2)56)27(63)25(61)16(6-50)73-40/h14-43,49-54,58-69H,4-10H2,1-3H3,(H,46,55)(H,47,56)(H,48,57)(H,70,71)/t14-,15+,16+,17+,18+,19+,20+,21+,22+,23+,24+,25-,26-,27+,28+,29+,30+,31+,32+,33+,34+,35-,36+,37-,38+,39+,40-,41-,42-,43-,45-/m0/s1. The molecule has 37 nitrogen and oxygen atoms in total. The fraction of sp³-hybridized carbons (Fsp3) is 0.911. The summed E-state index contributed by atoms with van der Waals surface area (Å²) < 4.78 is 63.8. The van der Waals surface area contributed by atoms with Crippen LogP contribution in [0.2, 0.25) is 0 Å². The van der Waals surface area contributed by atoms with Crippen molar-refractivity contribution in [1.82, 2.24) is 16.0 Å². The first-order valence-electron chi connectivity index (χ1n) is 25.7. The van der Waals surface area contributed by atoms with Crippen molar-refractivity contribution in [2.75, 3.05) is 39.6 Å². The van der Waals surface area contributed by atoms with Crippen molar-refractivity contribution in [2.45, 2.75) is 217 Å². The number of rotatable bonds is 22. The Morgan fingerprint density at radius 2 is 0.890 bits per heavy atom.